The Balaban J connectivity index is 1.57. The minimum absolute atomic E-state index is 0.0567. The number of ether oxygens (including phenoxy) is 1. The van der Waals surface area contributed by atoms with Crippen LogP contribution in [0.25, 0.3) is 0 Å². The van der Waals surface area contributed by atoms with Gasteiger partial charge in [0, 0.05) is 13.1 Å². The lowest BCUT2D eigenvalue weighted by atomic mass is 10.3. The molecule has 0 aliphatic heterocycles. The summed E-state index contributed by atoms with van der Waals surface area (Å²) in [6, 6.07) is 5.92. The molecule has 1 saturated carbocycles. The zero-order chi connectivity index (χ0) is 14.4. The minimum atomic E-state index is -0.276. The predicted octanol–water partition coefficient (Wildman–Crippen LogP) is 1.66. The summed E-state index contributed by atoms with van der Waals surface area (Å²) in [4.78, 5) is 13.5. The monoisotopic (exact) mass is 280 g/mol. The van der Waals surface area contributed by atoms with Crippen LogP contribution in [-0.2, 0) is 4.79 Å². The second kappa shape index (κ2) is 7.24. The minimum Gasteiger partial charge on any atom is -0.492 e. The van der Waals surface area contributed by atoms with E-state index in [0.717, 1.165) is 6.54 Å². The summed E-state index contributed by atoms with van der Waals surface area (Å²) < 4.78 is 18.2. The van der Waals surface area contributed by atoms with Crippen LogP contribution in [-0.4, -0.2) is 44.1 Å². The van der Waals surface area contributed by atoms with Gasteiger partial charge in [-0.3, -0.25) is 9.69 Å². The average molecular weight is 280 g/mol. The van der Waals surface area contributed by atoms with Crippen LogP contribution in [0.5, 0.6) is 5.75 Å². The van der Waals surface area contributed by atoms with Gasteiger partial charge in [0.25, 0.3) is 0 Å². The molecule has 0 saturated heterocycles. The summed E-state index contributed by atoms with van der Waals surface area (Å²) >= 11 is 0. The van der Waals surface area contributed by atoms with Gasteiger partial charge in [0.05, 0.1) is 6.54 Å². The number of nitrogens with one attached hydrogen (secondary N) is 1. The van der Waals surface area contributed by atoms with Crippen LogP contribution in [0.3, 0.4) is 0 Å². The molecule has 110 valence electrons. The molecule has 4 nitrogen and oxygen atoms in total. The highest BCUT2D eigenvalue weighted by Crippen LogP contribution is 2.27. The number of hydrogen-bond donors (Lipinski definition) is 1. The standard InChI is InChI=1S/C15H21FN2O2/c1-18(11-15(19)17-10-12-2-3-12)8-9-20-14-6-4-13(16)5-7-14/h4-7,12H,2-3,8-11H2,1H3,(H,17,19). The van der Waals surface area contributed by atoms with E-state index >= 15 is 0 Å². The van der Waals surface area contributed by atoms with Gasteiger partial charge < -0.3 is 10.1 Å². The molecule has 1 aliphatic carbocycles. The molecule has 1 aliphatic rings. The highest BCUT2D eigenvalue weighted by Gasteiger charge is 2.21. The molecule has 0 bridgehead atoms. The van der Waals surface area contributed by atoms with Crippen molar-refractivity contribution in [1.82, 2.24) is 10.2 Å². The van der Waals surface area contributed by atoms with E-state index in [9.17, 15) is 9.18 Å². The third-order valence-electron chi connectivity index (χ3n) is 3.25. The van der Waals surface area contributed by atoms with Crippen LogP contribution in [0.2, 0.25) is 0 Å². The second-order valence-corrected chi connectivity index (χ2v) is 5.29. The average Bonchev–Trinajstić information content (AvgIpc) is 3.23. The number of carbonyl (C=O) groups is 1. The zero-order valence-electron chi connectivity index (χ0n) is 11.8. The molecule has 2 rings (SSSR count). The molecule has 1 aromatic carbocycles. The van der Waals surface area contributed by atoms with Crippen molar-refractivity contribution in [3.63, 3.8) is 0 Å². The molecular weight excluding hydrogens is 259 g/mol. The molecule has 1 aromatic rings. The molecular formula is C15H21FN2O2. The fourth-order valence-electron chi connectivity index (χ4n) is 1.81. The number of amides is 1. The fraction of sp³-hybridized carbons (Fsp3) is 0.533. The van der Waals surface area contributed by atoms with Crippen LogP contribution < -0.4 is 10.1 Å². The molecule has 0 aromatic heterocycles. The maximum Gasteiger partial charge on any atom is 0.234 e. The third kappa shape index (κ3) is 5.57. The molecule has 0 spiro atoms. The largest absolute Gasteiger partial charge is 0.492 e. The van der Waals surface area contributed by atoms with Gasteiger partial charge in [-0.2, -0.15) is 0 Å². The Morgan fingerprint density at radius 1 is 1.40 bits per heavy atom. The van der Waals surface area contributed by atoms with Crippen molar-refractivity contribution in [2.45, 2.75) is 12.8 Å². The highest BCUT2D eigenvalue weighted by atomic mass is 19.1. The van der Waals surface area contributed by atoms with Crippen LogP contribution in [0.1, 0.15) is 12.8 Å². The number of rotatable bonds is 8. The Kier molecular flexibility index (Phi) is 5.35. The normalized spacial score (nSPS) is 14.3. The van der Waals surface area contributed by atoms with Crippen molar-refractivity contribution in [3.05, 3.63) is 30.1 Å². The first-order valence-electron chi connectivity index (χ1n) is 6.97. The molecule has 1 fully saturated rings. The Hall–Kier alpha value is -1.62. The number of likely N-dealkylation sites (N-methyl/N-ethyl adjacent to an activating group) is 1. The summed E-state index contributed by atoms with van der Waals surface area (Å²) in [5.74, 6) is 1.12. The van der Waals surface area contributed by atoms with Gasteiger partial charge in [-0.05, 0) is 50.1 Å². The van der Waals surface area contributed by atoms with E-state index in [1.807, 2.05) is 11.9 Å². The van der Waals surface area contributed by atoms with E-state index < -0.39 is 0 Å². The van der Waals surface area contributed by atoms with E-state index in [0.29, 0.717) is 31.4 Å². The second-order valence-electron chi connectivity index (χ2n) is 5.29. The van der Waals surface area contributed by atoms with Gasteiger partial charge in [0.1, 0.15) is 18.2 Å². The number of benzene rings is 1. The molecule has 20 heavy (non-hydrogen) atoms. The Labute approximate surface area is 118 Å². The van der Waals surface area contributed by atoms with Crippen molar-refractivity contribution in [3.8, 4) is 5.75 Å². The van der Waals surface area contributed by atoms with E-state index in [2.05, 4.69) is 5.32 Å². The molecule has 0 heterocycles. The van der Waals surface area contributed by atoms with Gasteiger partial charge in [-0.1, -0.05) is 0 Å². The summed E-state index contributed by atoms with van der Waals surface area (Å²) in [6.07, 6.45) is 2.48. The van der Waals surface area contributed by atoms with Crippen LogP contribution in [0.15, 0.2) is 24.3 Å². The fourth-order valence-corrected chi connectivity index (χ4v) is 1.81. The Morgan fingerprint density at radius 2 is 2.10 bits per heavy atom. The van der Waals surface area contributed by atoms with E-state index in [1.54, 1.807) is 12.1 Å². The van der Waals surface area contributed by atoms with Crippen LogP contribution in [0, 0.1) is 11.7 Å². The summed E-state index contributed by atoms with van der Waals surface area (Å²) in [5, 5.41) is 2.93. The first-order chi connectivity index (χ1) is 9.63. The molecule has 1 N–H and O–H groups in total. The van der Waals surface area contributed by atoms with Gasteiger partial charge in [0.15, 0.2) is 0 Å². The van der Waals surface area contributed by atoms with E-state index in [-0.39, 0.29) is 11.7 Å². The number of hydrogen-bond acceptors (Lipinski definition) is 3. The molecule has 5 heteroatoms. The smallest absolute Gasteiger partial charge is 0.234 e. The van der Waals surface area contributed by atoms with E-state index in [1.165, 1.54) is 25.0 Å². The third-order valence-corrected chi connectivity index (χ3v) is 3.25. The molecule has 0 atom stereocenters. The topological polar surface area (TPSA) is 41.6 Å². The lowest BCUT2D eigenvalue weighted by molar-refractivity contribution is -0.122. The highest BCUT2D eigenvalue weighted by molar-refractivity contribution is 5.77. The SMILES string of the molecule is CN(CCOc1ccc(F)cc1)CC(=O)NCC1CC1. The van der Waals surface area contributed by atoms with Crippen LogP contribution >= 0.6 is 0 Å². The maximum atomic E-state index is 12.7. The van der Waals surface area contributed by atoms with Gasteiger partial charge in [-0.15, -0.1) is 0 Å². The lowest BCUT2D eigenvalue weighted by Gasteiger charge is -2.16. The predicted molar refractivity (Wildman–Crippen MR) is 75.1 cm³/mol. The Morgan fingerprint density at radius 3 is 2.75 bits per heavy atom. The summed E-state index contributed by atoms with van der Waals surface area (Å²) in [5.41, 5.74) is 0. The van der Waals surface area contributed by atoms with E-state index in [4.69, 9.17) is 4.74 Å². The molecule has 1 amide bonds. The number of halogens is 1. The number of carbonyl (C=O) groups excluding carboxylic acids is 1. The van der Waals surface area contributed by atoms with Gasteiger partial charge >= 0.3 is 0 Å². The summed E-state index contributed by atoms with van der Waals surface area (Å²) in [6.45, 7) is 2.30. The quantitative estimate of drug-likeness (QED) is 0.787. The lowest BCUT2D eigenvalue weighted by Crippen LogP contribution is -2.37. The Bertz CT molecular complexity index is 432. The van der Waals surface area contributed by atoms with Crippen molar-refractivity contribution in [1.29, 1.82) is 0 Å². The van der Waals surface area contributed by atoms with Crippen molar-refractivity contribution >= 4 is 5.91 Å². The summed E-state index contributed by atoms with van der Waals surface area (Å²) in [7, 11) is 1.88. The van der Waals surface area contributed by atoms with Crippen molar-refractivity contribution in [2.24, 2.45) is 5.92 Å². The van der Waals surface area contributed by atoms with Crippen molar-refractivity contribution < 1.29 is 13.9 Å². The first kappa shape index (κ1) is 14.8. The first-order valence-corrected chi connectivity index (χ1v) is 6.97. The zero-order valence-corrected chi connectivity index (χ0v) is 11.8. The van der Waals surface area contributed by atoms with Crippen molar-refractivity contribution in [2.75, 3.05) is 33.3 Å². The van der Waals surface area contributed by atoms with Gasteiger partial charge in [0.2, 0.25) is 5.91 Å². The maximum absolute atomic E-state index is 12.7. The molecule has 0 unspecified atom stereocenters. The number of nitrogens with zero attached hydrogens (tertiary/aromatic N) is 1. The van der Waals surface area contributed by atoms with Gasteiger partial charge in [-0.25, -0.2) is 4.39 Å². The van der Waals surface area contributed by atoms with Crippen LogP contribution in [0.4, 0.5) is 4.39 Å². The molecule has 0 radical (unpaired) electrons.